The highest BCUT2D eigenvalue weighted by Crippen LogP contribution is 2.24. The molecule has 0 heterocycles. The Hall–Kier alpha value is -2.24. The first-order valence-corrected chi connectivity index (χ1v) is 5.22. The summed E-state index contributed by atoms with van der Waals surface area (Å²) in [6.45, 7) is 0. The zero-order chi connectivity index (χ0) is 13.7. The number of carboxylic acid groups (broad SMARTS) is 1. The van der Waals surface area contributed by atoms with Crippen molar-refractivity contribution in [3.8, 4) is 11.5 Å². The molecule has 0 aliphatic rings. The molecule has 18 heavy (non-hydrogen) atoms. The quantitative estimate of drug-likeness (QED) is 0.716. The fourth-order valence-electron chi connectivity index (χ4n) is 1.53. The number of rotatable bonds is 6. The number of hydrogen-bond donors (Lipinski definition) is 2. The van der Waals surface area contributed by atoms with Gasteiger partial charge in [0.1, 0.15) is 17.4 Å². The van der Waals surface area contributed by atoms with Crippen molar-refractivity contribution in [2.75, 3.05) is 14.2 Å². The van der Waals surface area contributed by atoms with Gasteiger partial charge in [0.25, 0.3) is 0 Å². The molecule has 0 bridgehead atoms. The number of hydrogen-bond acceptors (Lipinski definition) is 4. The maximum Gasteiger partial charge on any atom is 0.316 e. The lowest BCUT2D eigenvalue weighted by atomic mass is 9.98. The van der Waals surface area contributed by atoms with Gasteiger partial charge in [0.2, 0.25) is 5.91 Å². The number of amides is 1. The van der Waals surface area contributed by atoms with Crippen molar-refractivity contribution in [3.05, 3.63) is 23.8 Å². The van der Waals surface area contributed by atoms with E-state index in [4.69, 9.17) is 20.3 Å². The van der Waals surface area contributed by atoms with Crippen molar-refractivity contribution in [2.24, 2.45) is 11.7 Å². The normalized spacial score (nSPS) is 11.7. The van der Waals surface area contributed by atoms with Crippen LogP contribution in [0.4, 0.5) is 0 Å². The van der Waals surface area contributed by atoms with E-state index in [1.807, 2.05) is 0 Å². The molecule has 98 valence electrons. The number of carboxylic acids is 1. The number of aliphatic carboxylic acids is 1. The Labute approximate surface area is 104 Å². The van der Waals surface area contributed by atoms with E-state index in [2.05, 4.69) is 0 Å². The molecule has 6 heteroatoms. The third kappa shape index (κ3) is 3.38. The van der Waals surface area contributed by atoms with Gasteiger partial charge in [-0.1, -0.05) is 0 Å². The van der Waals surface area contributed by atoms with Gasteiger partial charge in [-0.25, -0.2) is 0 Å². The lowest BCUT2D eigenvalue weighted by molar-refractivity contribution is -0.145. The van der Waals surface area contributed by atoms with E-state index in [0.717, 1.165) is 0 Å². The zero-order valence-electron chi connectivity index (χ0n) is 10.2. The molecule has 0 aromatic heterocycles. The Balaban J connectivity index is 3.01. The minimum atomic E-state index is -1.26. The maximum absolute atomic E-state index is 11.0. The van der Waals surface area contributed by atoms with Crippen LogP contribution in [0, 0.1) is 5.92 Å². The number of ether oxygens (including phenoxy) is 2. The summed E-state index contributed by atoms with van der Waals surface area (Å²) in [6.07, 6.45) is -0.00176. The van der Waals surface area contributed by atoms with Gasteiger partial charge in [-0.05, 0) is 24.1 Å². The summed E-state index contributed by atoms with van der Waals surface area (Å²) in [7, 11) is 2.97. The molecular weight excluding hydrogens is 238 g/mol. The summed E-state index contributed by atoms with van der Waals surface area (Å²) >= 11 is 0. The van der Waals surface area contributed by atoms with Crippen molar-refractivity contribution in [1.82, 2.24) is 0 Å². The third-order valence-corrected chi connectivity index (χ3v) is 2.49. The summed E-state index contributed by atoms with van der Waals surface area (Å²) in [6, 6.07) is 4.94. The predicted molar refractivity (Wildman–Crippen MR) is 63.6 cm³/mol. The molecule has 0 aliphatic carbocycles. The number of benzene rings is 1. The highest BCUT2D eigenvalue weighted by Gasteiger charge is 2.24. The van der Waals surface area contributed by atoms with Gasteiger partial charge in [0.05, 0.1) is 14.2 Å². The Kier molecular flexibility index (Phi) is 4.53. The molecule has 0 spiro atoms. The molecule has 0 aliphatic heterocycles. The largest absolute Gasteiger partial charge is 0.497 e. The Bertz CT molecular complexity index is 422. The zero-order valence-corrected chi connectivity index (χ0v) is 10.2. The van der Waals surface area contributed by atoms with Crippen LogP contribution < -0.4 is 15.2 Å². The lowest BCUT2D eigenvalue weighted by Crippen LogP contribution is -2.31. The topological polar surface area (TPSA) is 98.9 Å². The summed E-state index contributed by atoms with van der Waals surface area (Å²) in [5.74, 6) is -2.33. The van der Waals surface area contributed by atoms with Crippen LogP contribution in [0.2, 0.25) is 0 Å². The fourth-order valence-corrected chi connectivity index (χ4v) is 1.53. The van der Waals surface area contributed by atoms with Crippen LogP contribution in [0.15, 0.2) is 18.2 Å². The number of methoxy groups -OCH3 is 2. The molecule has 1 unspecified atom stereocenters. The molecule has 1 aromatic rings. The first-order chi connectivity index (χ1) is 8.47. The van der Waals surface area contributed by atoms with Crippen LogP contribution in [-0.2, 0) is 16.0 Å². The number of carbonyl (C=O) groups excluding carboxylic acids is 1. The van der Waals surface area contributed by atoms with E-state index in [1.165, 1.54) is 14.2 Å². The first-order valence-electron chi connectivity index (χ1n) is 5.22. The Morgan fingerprint density at radius 2 is 1.72 bits per heavy atom. The molecule has 1 aromatic carbocycles. The fraction of sp³-hybridized carbons (Fsp3) is 0.333. The molecule has 0 saturated heterocycles. The van der Waals surface area contributed by atoms with Crippen LogP contribution >= 0.6 is 0 Å². The van der Waals surface area contributed by atoms with Crippen LogP contribution in [0.1, 0.15) is 5.56 Å². The van der Waals surface area contributed by atoms with E-state index in [-0.39, 0.29) is 6.42 Å². The van der Waals surface area contributed by atoms with Crippen LogP contribution in [0.3, 0.4) is 0 Å². The van der Waals surface area contributed by atoms with Crippen LogP contribution in [0.25, 0.3) is 0 Å². The highest BCUT2D eigenvalue weighted by atomic mass is 16.5. The summed E-state index contributed by atoms with van der Waals surface area (Å²) in [5.41, 5.74) is 5.65. The number of nitrogens with two attached hydrogens (primary N) is 1. The summed E-state index contributed by atoms with van der Waals surface area (Å²) in [5, 5.41) is 8.89. The average molecular weight is 253 g/mol. The van der Waals surface area contributed by atoms with E-state index in [0.29, 0.717) is 17.1 Å². The molecule has 1 atom stereocenters. The van der Waals surface area contributed by atoms with Crippen LogP contribution in [-0.4, -0.2) is 31.2 Å². The Morgan fingerprint density at radius 1 is 1.22 bits per heavy atom. The van der Waals surface area contributed by atoms with Crippen molar-refractivity contribution in [2.45, 2.75) is 6.42 Å². The van der Waals surface area contributed by atoms with Crippen LogP contribution in [0.5, 0.6) is 11.5 Å². The van der Waals surface area contributed by atoms with Gasteiger partial charge in [-0.15, -0.1) is 0 Å². The number of carbonyl (C=O) groups is 2. The van der Waals surface area contributed by atoms with E-state index in [1.54, 1.807) is 18.2 Å². The molecule has 1 rings (SSSR count). The van der Waals surface area contributed by atoms with Gasteiger partial charge < -0.3 is 20.3 Å². The molecule has 0 fully saturated rings. The lowest BCUT2D eigenvalue weighted by Gasteiger charge is -2.11. The van der Waals surface area contributed by atoms with Gasteiger partial charge in [0, 0.05) is 6.07 Å². The number of primary amides is 1. The van der Waals surface area contributed by atoms with Gasteiger partial charge in [0.15, 0.2) is 0 Å². The van der Waals surface area contributed by atoms with Gasteiger partial charge >= 0.3 is 5.97 Å². The molecular formula is C12H15NO5. The van der Waals surface area contributed by atoms with E-state index in [9.17, 15) is 9.59 Å². The summed E-state index contributed by atoms with van der Waals surface area (Å²) < 4.78 is 10.1. The third-order valence-electron chi connectivity index (χ3n) is 2.49. The molecule has 6 nitrogen and oxygen atoms in total. The van der Waals surface area contributed by atoms with E-state index < -0.39 is 17.8 Å². The van der Waals surface area contributed by atoms with Crippen molar-refractivity contribution in [1.29, 1.82) is 0 Å². The second kappa shape index (κ2) is 5.90. The maximum atomic E-state index is 11.0. The minimum Gasteiger partial charge on any atom is -0.497 e. The molecule has 0 saturated carbocycles. The Morgan fingerprint density at radius 3 is 2.06 bits per heavy atom. The first kappa shape index (κ1) is 13.8. The molecule has 3 N–H and O–H groups in total. The van der Waals surface area contributed by atoms with Gasteiger partial charge in [-0.3, -0.25) is 9.59 Å². The SMILES string of the molecule is COc1cc(CC(C(N)=O)C(=O)O)cc(OC)c1. The second-order valence-corrected chi connectivity index (χ2v) is 3.72. The molecule has 1 amide bonds. The smallest absolute Gasteiger partial charge is 0.316 e. The molecule has 0 radical (unpaired) electrons. The second-order valence-electron chi connectivity index (χ2n) is 3.72. The minimum absolute atomic E-state index is 0.00176. The standard InChI is InChI=1S/C12H15NO5/c1-17-8-3-7(4-9(6-8)18-2)5-10(11(13)14)12(15)16/h3-4,6,10H,5H2,1-2H3,(H2,13,14)(H,15,16). The van der Waals surface area contributed by atoms with Crippen molar-refractivity contribution >= 4 is 11.9 Å². The average Bonchev–Trinajstić information content (AvgIpc) is 2.34. The predicted octanol–water partition coefficient (Wildman–Crippen LogP) is 0.432. The summed E-state index contributed by atoms with van der Waals surface area (Å²) in [4.78, 5) is 21.9. The van der Waals surface area contributed by atoms with E-state index >= 15 is 0 Å². The van der Waals surface area contributed by atoms with Crippen molar-refractivity contribution in [3.63, 3.8) is 0 Å². The van der Waals surface area contributed by atoms with Crippen molar-refractivity contribution < 1.29 is 24.2 Å². The monoisotopic (exact) mass is 253 g/mol. The highest BCUT2D eigenvalue weighted by molar-refractivity contribution is 5.96. The van der Waals surface area contributed by atoms with Gasteiger partial charge in [-0.2, -0.15) is 0 Å².